The number of halogens is 2. The number of carboxylic acid groups (broad SMARTS) is 1. The number of hydrogen-bond donors (Lipinski definition) is 3. The van der Waals surface area contributed by atoms with Crippen LogP contribution in [0.25, 0.3) is 0 Å². The van der Waals surface area contributed by atoms with Crippen LogP contribution >= 0.6 is 0 Å². The van der Waals surface area contributed by atoms with E-state index in [1.54, 1.807) is 0 Å². The summed E-state index contributed by atoms with van der Waals surface area (Å²) < 4.78 is 39.8. The molecule has 12 atom stereocenters. The molecule has 0 radical (unpaired) electrons. The predicted molar refractivity (Wildman–Crippen MR) is 161 cm³/mol. The molecule has 0 aromatic heterocycles. The van der Waals surface area contributed by atoms with Crippen LogP contribution in [-0.4, -0.2) is 63.6 Å². The maximum Gasteiger partial charge on any atom is 0.331 e. The third-order valence-corrected chi connectivity index (χ3v) is 13.3. The fourth-order valence-corrected chi connectivity index (χ4v) is 10.8. The molecular weight excluding hydrogens is 586 g/mol. The number of carboxylic acids is 1. The zero-order valence-electron chi connectivity index (χ0n) is 27.8. The van der Waals surface area contributed by atoms with Gasteiger partial charge >= 0.3 is 17.9 Å². The monoisotopic (exact) mass is 638 g/mol. The molecular formula is C35H52F2O8. The molecule has 5 aliphatic rings. The van der Waals surface area contributed by atoms with Gasteiger partial charge in [-0.25, -0.2) is 13.6 Å². The quantitative estimate of drug-likeness (QED) is 0.221. The molecule has 10 heteroatoms. The molecule has 0 spiro atoms. The van der Waals surface area contributed by atoms with Gasteiger partial charge in [0.2, 0.25) is 0 Å². The number of esters is 2. The summed E-state index contributed by atoms with van der Waals surface area (Å²) in [7, 11) is 0. The van der Waals surface area contributed by atoms with Gasteiger partial charge in [0.15, 0.2) is 0 Å². The van der Waals surface area contributed by atoms with Gasteiger partial charge in [-0.1, -0.05) is 48.0 Å². The molecule has 0 saturated heterocycles. The van der Waals surface area contributed by atoms with Gasteiger partial charge in [-0.3, -0.25) is 9.59 Å². The fraction of sp³-hybridized carbons (Fsp3) is 0.857. The number of aliphatic hydroxyl groups is 2. The molecule has 0 aliphatic heterocycles. The second kappa shape index (κ2) is 11.6. The number of alkyl halides is 2. The average molecular weight is 639 g/mol. The van der Waals surface area contributed by atoms with E-state index in [0.29, 0.717) is 50.0 Å². The highest BCUT2D eigenvalue weighted by atomic mass is 19.3. The minimum atomic E-state index is -3.13. The SMILES string of the molecule is CC(=O)OC1CC2(C)C(CCC3C4(C)CCC(O)C(C)C4C(OC(=O)C4CC4(F)F)C(O)C32C)/C1=C(\CCCC(C)C)C(=O)O. The Morgan fingerprint density at radius 1 is 1.02 bits per heavy atom. The van der Waals surface area contributed by atoms with Crippen LogP contribution in [0.15, 0.2) is 11.1 Å². The summed E-state index contributed by atoms with van der Waals surface area (Å²) in [5.41, 5.74) is -1.36. The number of aliphatic carboxylic acids is 1. The summed E-state index contributed by atoms with van der Waals surface area (Å²) in [5, 5.41) is 33.9. The van der Waals surface area contributed by atoms with Crippen molar-refractivity contribution in [1.29, 1.82) is 0 Å². The molecule has 5 fully saturated rings. The van der Waals surface area contributed by atoms with E-state index in [4.69, 9.17) is 9.47 Å². The molecule has 12 unspecified atom stereocenters. The number of ether oxygens (including phenoxy) is 2. The highest BCUT2D eigenvalue weighted by Gasteiger charge is 2.75. The average Bonchev–Trinajstić information content (AvgIpc) is 3.48. The molecule has 8 nitrogen and oxygen atoms in total. The van der Waals surface area contributed by atoms with Gasteiger partial charge in [0.05, 0.1) is 12.2 Å². The van der Waals surface area contributed by atoms with E-state index in [2.05, 4.69) is 20.8 Å². The fourth-order valence-electron chi connectivity index (χ4n) is 10.8. The number of rotatable bonds is 8. The van der Waals surface area contributed by atoms with E-state index in [-0.39, 0.29) is 29.7 Å². The van der Waals surface area contributed by atoms with Crippen molar-refractivity contribution in [3.05, 3.63) is 11.1 Å². The molecule has 0 amide bonds. The van der Waals surface area contributed by atoms with Crippen LogP contribution in [0.3, 0.4) is 0 Å². The molecule has 254 valence electrons. The highest BCUT2D eigenvalue weighted by molar-refractivity contribution is 5.88. The Morgan fingerprint density at radius 2 is 1.67 bits per heavy atom. The van der Waals surface area contributed by atoms with Gasteiger partial charge in [-0.05, 0) is 85.0 Å². The van der Waals surface area contributed by atoms with E-state index >= 15 is 0 Å². The predicted octanol–water partition coefficient (Wildman–Crippen LogP) is 5.92. The molecule has 0 bridgehead atoms. The first-order valence-electron chi connectivity index (χ1n) is 16.9. The molecule has 0 heterocycles. The normalized spacial score (nSPS) is 46.0. The summed E-state index contributed by atoms with van der Waals surface area (Å²) in [5.74, 6) is -8.09. The number of hydrogen-bond acceptors (Lipinski definition) is 7. The van der Waals surface area contributed by atoms with Crippen molar-refractivity contribution in [3.63, 3.8) is 0 Å². The van der Waals surface area contributed by atoms with Crippen molar-refractivity contribution in [3.8, 4) is 0 Å². The highest BCUT2D eigenvalue weighted by Crippen LogP contribution is 2.75. The lowest BCUT2D eigenvalue weighted by Gasteiger charge is -2.70. The maximum atomic E-state index is 14.0. The zero-order chi connectivity index (χ0) is 33.4. The van der Waals surface area contributed by atoms with Crippen LogP contribution in [0.5, 0.6) is 0 Å². The minimum absolute atomic E-state index is 0.106. The Labute approximate surface area is 265 Å². The van der Waals surface area contributed by atoms with E-state index in [0.717, 1.165) is 6.42 Å². The van der Waals surface area contributed by atoms with Gasteiger partial charge in [-0.15, -0.1) is 0 Å². The van der Waals surface area contributed by atoms with E-state index < -0.39 is 82.7 Å². The van der Waals surface area contributed by atoms with Crippen molar-refractivity contribution in [2.24, 2.45) is 51.8 Å². The molecule has 5 saturated carbocycles. The van der Waals surface area contributed by atoms with Crippen molar-refractivity contribution in [1.82, 2.24) is 0 Å². The van der Waals surface area contributed by atoms with Crippen molar-refractivity contribution < 1.29 is 48.0 Å². The Bertz CT molecular complexity index is 1250. The number of fused-ring (bicyclic) bond motifs is 5. The Hall–Kier alpha value is -2.07. The standard InChI is InChI=1S/C35H52F2O8/c1-17(2)9-8-10-20(30(41)42)26-21-11-12-25-32(5)14-13-23(39)18(3)27(32)28(45-31(43)22-15-35(22,36)37)29(40)34(25,7)33(21,6)16-24(26)44-19(4)38/h17-18,21-25,27-29,39-40H,8-16H2,1-7H3,(H,41,42)/b26-20-. The van der Waals surface area contributed by atoms with Crippen LogP contribution in [-0.2, 0) is 23.9 Å². The Kier molecular flexibility index (Phi) is 8.81. The zero-order valence-corrected chi connectivity index (χ0v) is 27.8. The number of carbonyl (C=O) groups excluding carboxylic acids is 2. The molecule has 5 rings (SSSR count). The maximum absolute atomic E-state index is 14.0. The first-order valence-corrected chi connectivity index (χ1v) is 16.9. The Balaban J connectivity index is 1.62. The minimum Gasteiger partial charge on any atom is -0.478 e. The summed E-state index contributed by atoms with van der Waals surface area (Å²) in [6, 6.07) is 0. The van der Waals surface area contributed by atoms with E-state index in [1.807, 2.05) is 20.8 Å². The smallest absolute Gasteiger partial charge is 0.331 e. The number of aliphatic hydroxyl groups excluding tert-OH is 2. The van der Waals surface area contributed by atoms with Crippen molar-refractivity contribution in [2.75, 3.05) is 0 Å². The van der Waals surface area contributed by atoms with Crippen LogP contribution < -0.4 is 0 Å². The topological polar surface area (TPSA) is 130 Å². The number of carbonyl (C=O) groups is 3. The van der Waals surface area contributed by atoms with Crippen LogP contribution in [0.2, 0.25) is 0 Å². The second-order valence-electron chi connectivity index (χ2n) is 16.1. The van der Waals surface area contributed by atoms with Gasteiger partial charge < -0.3 is 24.8 Å². The van der Waals surface area contributed by atoms with Gasteiger partial charge in [-0.2, -0.15) is 0 Å². The van der Waals surface area contributed by atoms with Gasteiger partial charge in [0.1, 0.15) is 18.1 Å². The van der Waals surface area contributed by atoms with Crippen LogP contribution in [0, 0.1) is 51.8 Å². The summed E-state index contributed by atoms with van der Waals surface area (Å²) >= 11 is 0. The van der Waals surface area contributed by atoms with Crippen LogP contribution in [0.4, 0.5) is 8.78 Å². The van der Waals surface area contributed by atoms with Crippen molar-refractivity contribution in [2.45, 2.75) is 137 Å². The van der Waals surface area contributed by atoms with Crippen molar-refractivity contribution >= 4 is 17.9 Å². The lowest BCUT2D eigenvalue weighted by atomic mass is 9.35. The van der Waals surface area contributed by atoms with E-state index in [9.17, 15) is 38.5 Å². The molecule has 3 N–H and O–H groups in total. The van der Waals surface area contributed by atoms with Crippen LogP contribution in [0.1, 0.15) is 106 Å². The molecule has 5 aliphatic carbocycles. The summed E-state index contributed by atoms with van der Waals surface area (Å²) in [4.78, 5) is 38.3. The first-order chi connectivity index (χ1) is 20.8. The van der Waals surface area contributed by atoms with E-state index in [1.165, 1.54) is 6.92 Å². The summed E-state index contributed by atoms with van der Waals surface area (Å²) in [6.07, 6.45) is 0.105. The largest absolute Gasteiger partial charge is 0.478 e. The first kappa shape index (κ1) is 34.3. The lowest BCUT2D eigenvalue weighted by Crippen LogP contribution is -2.72. The second-order valence-corrected chi connectivity index (χ2v) is 16.1. The molecule has 0 aromatic carbocycles. The third kappa shape index (κ3) is 5.34. The van der Waals surface area contributed by atoms with Gasteiger partial charge in [0, 0.05) is 30.3 Å². The third-order valence-electron chi connectivity index (χ3n) is 13.3. The molecule has 0 aromatic rings. The Morgan fingerprint density at radius 3 is 2.22 bits per heavy atom. The molecule has 45 heavy (non-hydrogen) atoms. The van der Waals surface area contributed by atoms with Gasteiger partial charge in [0.25, 0.3) is 5.92 Å². The lowest BCUT2D eigenvalue weighted by molar-refractivity contribution is -0.289. The summed E-state index contributed by atoms with van der Waals surface area (Å²) in [6.45, 7) is 13.5.